The summed E-state index contributed by atoms with van der Waals surface area (Å²) >= 11 is 0. The Balaban J connectivity index is 1.89. The molecule has 148 valence electrons. The maximum absolute atomic E-state index is 12.5. The van der Waals surface area contributed by atoms with Gasteiger partial charge in [-0.05, 0) is 24.5 Å². The van der Waals surface area contributed by atoms with Gasteiger partial charge >= 0.3 is 5.97 Å². The van der Waals surface area contributed by atoms with Gasteiger partial charge in [0.05, 0.1) is 13.2 Å². The summed E-state index contributed by atoms with van der Waals surface area (Å²) in [6, 6.07) is 13.5. The van der Waals surface area contributed by atoms with Crippen molar-refractivity contribution in [2.24, 2.45) is 0 Å². The van der Waals surface area contributed by atoms with Crippen molar-refractivity contribution in [2.45, 2.75) is 46.0 Å². The van der Waals surface area contributed by atoms with Crippen molar-refractivity contribution in [2.75, 3.05) is 13.2 Å². The Morgan fingerprint density at radius 1 is 1.00 bits per heavy atom. The monoisotopic (exact) mass is 380 g/mol. The van der Waals surface area contributed by atoms with Crippen LogP contribution in [0.5, 0.6) is 17.2 Å². The summed E-state index contributed by atoms with van der Waals surface area (Å²) in [4.78, 5) is 12.5. The number of benzene rings is 2. The highest BCUT2D eigenvalue weighted by Gasteiger charge is 2.26. The van der Waals surface area contributed by atoms with Crippen LogP contribution in [0.15, 0.2) is 48.0 Å². The Kier molecular flexibility index (Phi) is 7.12. The summed E-state index contributed by atoms with van der Waals surface area (Å²) in [5.74, 6) is 1.64. The number of carbonyl (C=O) groups excluding carboxylic acids is 1. The second kappa shape index (κ2) is 9.98. The summed E-state index contributed by atoms with van der Waals surface area (Å²) in [5.41, 5.74) is 2.50. The third-order valence-corrected chi connectivity index (χ3v) is 4.64. The van der Waals surface area contributed by atoms with Crippen LogP contribution < -0.4 is 14.2 Å². The highest BCUT2D eigenvalue weighted by molar-refractivity contribution is 5.97. The number of hydrogen-bond donors (Lipinski definition) is 0. The van der Waals surface area contributed by atoms with Crippen molar-refractivity contribution >= 4 is 12.0 Å². The Morgan fingerprint density at radius 3 is 2.43 bits per heavy atom. The van der Waals surface area contributed by atoms with Gasteiger partial charge in [0.1, 0.15) is 17.2 Å². The molecule has 1 heterocycles. The topological polar surface area (TPSA) is 44.8 Å². The van der Waals surface area contributed by atoms with Gasteiger partial charge in [-0.25, -0.2) is 4.79 Å². The Labute approximate surface area is 167 Å². The third kappa shape index (κ3) is 5.16. The molecule has 0 aromatic heterocycles. The number of rotatable bonds is 9. The molecule has 0 bridgehead atoms. The molecular formula is C24H28O4. The van der Waals surface area contributed by atoms with E-state index in [9.17, 15) is 4.79 Å². The lowest BCUT2D eigenvalue weighted by atomic mass is 9.98. The van der Waals surface area contributed by atoms with Crippen molar-refractivity contribution in [3.63, 3.8) is 0 Å². The van der Waals surface area contributed by atoms with E-state index in [0.717, 1.165) is 42.6 Å². The fourth-order valence-electron chi connectivity index (χ4n) is 3.02. The average Bonchev–Trinajstić information content (AvgIpc) is 2.70. The molecule has 0 saturated carbocycles. The van der Waals surface area contributed by atoms with Crippen molar-refractivity contribution in [1.29, 1.82) is 0 Å². The summed E-state index contributed by atoms with van der Waals surface area (Å²) in [7, 11) is 0. The van der Waals surface area contributed by atoms with Gasteiger partial charge < -0.3 is 14.2 Å². The highest BCUT2D eigenvalue weighted by atomic mass is 16.5. The van der Waals surface area contributed by atoms with Crippen LogP contribution in [-0.2, 0) is 11.2 Å². The van der Waals surface area contributed by atoms with E-state index in [2.05, 4.69) is 13.8 Å². The van der Waals surface area contributed by atoms with Crippen molar-refractivity contribution in [3.8, 4) is 17.2 Å². The minimum absolute atomic E-state index is 0.318. The molecule has 2 aromatic rings. The molecule has 1 aliphatic heterocycles. The molecule has 0 aliphatic carbocycles. The number of carbonyl (C=O) groups is 1. The second-order valence-electron chi connectivity index (χ2n) is 6.95. The molecule has 2 aromatic carbocycles. The molecule has 4 nitrogen and oxygen atoms in total. The molecule has 0 fully saturated rings. The van der Waals surface area contributed by atoms with Gasteiger partial charge in [0.25, 0.3) is 0 Å². The van der Waals surface area contributed by atoms with Gasteiger partial charge in [-0.3, -0.25) is 0 Å². The molecule has 0 amide bonds. The Hall–Kier alpha value is -2.75. The van der Waals surface area contributed by atoms with Gasteiger partial charge in [0.15, 0.2) is 0 Å². The van der Waals surface area contributed by atoms with E-state index < -0.39 is 0 Å². The van der Waals surface area contributed by atoms with E-state index in [1.165, 1.54) is 0 Å². The molecule has 4 heteroatoms. The first-order chi connectivity index (χ1) is 13.7. The normalized spacial score (nSPS) is 14.5. The zero-order valence-corrected chi connectivity index (χ0v) is 16.7. The second-order valence-corrected chi connectivity index (χ2v) is 6.95. The Bertz CT molecular complexity index is 824. The van der Waals surface area contributed by atoms with E-state index >= 15 is 0 Å². The molecule has 0 N–H and O–H groups in total. The SMILES string of the molecule is CCCCOc1cc(OCCCC)c2c(c1)OC(=O)C(=Cc1ccccc1)C2. The van der Waals surface area contributed by atoms with Crippen LogP contribution in [0.25, 0.3) is 6.08 Å². The lowest BCUT2D eigenvalue weighted by molar-refractivity contribution is -0.130. The Morgan fingerprint density at radius 2 is 1.71 bits per heavy atom. The smallest absolute Gasteiger partial charge is 0.339 e. The molecule has 3 rings (SSSR count). The molecule has 0 unspecified atom stereocenters. The van der Waals surface area contributed by atoms with Crippen molar-refractivity contribution < 1.29 is 19.0 Å². The van der Waals surface area contributed by atoms with E-state index in [4.69, 9.17) is 14.2 Å². The number of unbranched alkanes of at least 4 members (excludes halogenated alkanes) is 2. The van der Waals surface area contributed by atoms with Crippen LogP contribution in [0.2, 0.25) is 0 Å². The fourth-order valence-corrected chi connectivity index (χ4v) is 3.02. The molecule has 1 aliphatic rings. The molecule has 0 radical (unpaired) electrons. The lowest BCUT2D eigenvalue weighted by Crippen LogP contribution is -2.20. The molecule has 28 heavy (non-hydrogen) atoms. The van der Waals surface area contributed by atoms with E-state index in [1.807, 2.05) is 42.5 Å². The van der Waals surface area contributed by atoms with Crippen LogP contribution in [-0.4, -0.2) is 19.2 Å². The minimum atomic E-state index is -0.318. The molecular weight excluding hydrogens is 352 g/mol. The van der Waals surface area contributed by atoms with E-state index in [-0.39, 0.29) is 5.97 Å². The predicted octanol–water partition coefficient (Wildman–Crippen LogP) is 5.59. The zero-order chi connectivity index (χ0) is 19.8. The fraction of sp³-hybridized carbons (Fsp3) is 0.375. The van der Waals surface area contributed by atoms with Crippen LogP contribution >= 0.6 is 0 Å². The van der Waals surface area contributed by atoms with Crippen molar-refractivity contribution in [3.05, 3.63) is 59.2 Å². The summed E-state index contributed by atoms with van der Waals surface area (Å²) in [5, 5.41) is 0. The minimum Gasteiger partial charge on any atom is -0.493 e. The van der Waals surface area contributed by atoms with Gasteiger partial charge in [-0.2, -0.15) is 0 Å². The van der Waals surface area contributed by atoms with Gasteiger partial charge in [0.2, 0.25) is 0 Å². The van der Waals surface area contributed by atoms with E-state index in [1.54, 1.807) is 6.07 Å². The van der Waals surface area contributed by atoms with Crippen LogP contribution in [0.1, 0.15) is 50.7 Å². The standard InChI is InChI=1S/C24H28O4/c1-3-5-12-26-20-16-22(27-13-6-4-2)21-15-19(24(25)28-23(21)17-20)14-18-10-8-7-9-11-18/h7-11,14,16-17H,3-6,12-13,15H2,1-2H3. The van der Waals surface area contributed by atoms with Crippen LogP contribution in [0.4, 0.5) is 0 Å². The van der Waals surface area contributed by atoms with Gasteiger partial charge in [0, 0.05) is 29.7 Å². The van der Waals surface area contributed by atoms with Crippen LogP contribution in [0, 0.1) is 0 Å². The van der Waals surface area contributed by atoms with Crippen LogP contribution in [0.3, 0.4) is 0 Å². The molecule has 0 atom stereocenters. The first-order valence-electron chi connectivity index (χ1n) is 10.1. The maximum Gasteiger partial charge on any atom is 0.339 e. The first-order valence-corrected chi connectivity index (χ1v) is 10.1. The zero-order valence-electron chi connectivity index (χ0n) is 16.7. The largest absolute Gasteiger partial charge is 0.493 e. The van der Waals surface area contributed by atoms with E-state index in [0.29, 0.717) is 36.7 Å². The van der Waals surface area contributed by atoms with Crippen molar-refractivity contribution in [1.82, 2.24) is 0 Å². The molecule has 0 spiro atoms. The number of esters is 1. The molecule has 0 saturated heterocycles. The first kappa shape index (κ1) is 20.0. The quantitative estimate of drug-likeness (QED) is 0.246. The summed E-state index contributed by atoms with van der Waals surface area (Å²) in [6.07, 6.45) is 6.44. The number of hydrogen-bond acceptors (Lipinski definition) is 4. The van der Waals surface area contributed by atoms with Gasteiger partial charge in [-0.1, -0.05) is 57.0 Å². The summed E-state index contributed by atoms with van der Waals surface area (Å²) in [6.45, 7) is 5.52. The third-order valence-electron chi connectivity index (χ3n) is 4.64. The lowest BCUT2D eigenvalue weighted by Gasteiger charge is -2.22. The predicted molar refractivity (Wildman–Crippen MR) is 111 cm³/mol. The van der Waals surface area contributed by atoms with Gasteiger partial charge in [-0.15, -0.1) is 0 Å². The number of fused-ring (bicyclic) bond motifs is 1. The number of ether oxygens (including phenoxy) is 3. The summed E-state index contributed by atoms with van der Waals surface area (Å²) < 4.78 is 17.5. The highest BCUT2D eigenvalue weighted by Crippen LogP contribution is 2.39. The average molecular weight is 380 g/mol. The maximum atomic E-state index is 12.5.